The molecular weight excluding hydrogens is 368 g/mol. The van der Waals surface area contributed by atoms with Gasteiger partial charge in [-0.2, -0.15) is 4.31 Å². The lowest BCUT2D eigenvalue weighted by atomic mass is 10.2. The highest BCUT2D eigenvalue weighted by molar-refractivity contribution is 7.89. The first-order valence-electron chi connectivity index (χ1n) is 8.41. The molecule has 0 unspecified atom stereocenters. The van der Waals surface area contributed by atoms with Crippen molar-refractivity contribution >= 4 is 26.7 Å². The molecule has 1 heterocycles. The molecule has 0 aliphatic heterocycles. The van der Waals surface area contributed by atoms with Gasteiger partial charge in [0.1, 0.15) is 5.82 Å². The molecule has 0 saturated carbocycles. The van der Waals surface area contributed by atoms with Crippen LogP contribution in [0.2, 0.25) is 0 Å². The zero-order valence-corrected chi connectivity index (χ0v) is 16.1. The predicted molar refractivity (Wildman–Crippen MR) is 102 cm³/mol. The Labute approximate surface area is 157 Å². The third-order valence-corrected chi connectivity index (χ3v) is 6.30. The van der Waals surface area contributed by atoms with E-state index in [2.05, 4.69) is 4.98 Å². The number of nitro benzene ring substituents is 1. The van der Waals surface area contributed by atoms with Crippen LogP contribution in [0.15, 0.2) is 47.4 Å². The van der Waals surface area contributed by atoms with E-state index in [9.17, 15) is 18.5 Å². The van der Waals surface area contributed by atoms with E-state index < -0.39 is 14.9 Å². The summed E-state index contributed by atoms with van der Waals surface area (Å²) in [5.74, 6) is 0.617. The Morgan fingerprint density at radius 2 is 1.93 bits per heavy atom. The van der Waals surface area contributed by atoms with Gasteiger partial charge in [0.05, 0.1) is 27.4 Å². The zero-order valence-electron chi connectivity index (χ0n) is 15.3. The summed E-state index contributed by atoms with van der Waals surface area (Å²) in [4.78, 5) is 15.0. The molecule has 8 nitrogen and oxygen atoms in total. The van der Waals surface area contributed by atoms with Crippen LogP contribution < -0.4 is 0 Å². The van der Waals surface area contributed by atoms with Crippen molar-refractivity contribution in [2.24, 2.45) is 0 Å². The van der Waals surface area contributed by atoms with Crippen LogP contribution in [0, 0.1) is 17.0 Å². The molecule has 3 aromatic rings. The number of para-hydroxylation sites is 2. The number of fused-ring (bicyclic) bond motifs is 1. The van der Waals surface area contributed by atoms with Crippen LogP contribution in [0.4, 0.5) is 5.69 Å². The fourth-order valence-electron chi connectivity index (χ4n) is 3.01. The number of hydrogen-bond acceptors (Lipinski definition) is 5. The molecule has 2 aromatic carbocycles. The Kier molecular flexibility index (Phi) is 4.99. The Hall–Kier alpha value is -2.78. The molecule has 1 aromatic heterocycles. The molecule has 0 aliphatic carbocycles. The topological polar surface area (TPSA) is 98.3 Å². The van der Waals surface area contributed by atoms with E-state index in [1.165, 1.54) is 19.2 Å². The second-order valence-electron chi connectivity index (χ2n) is 6.23. The first-order valence-corrected chi connectivity index (χ1v) is 9.85. The number of benzene rings is 2. The fourth-order valence-corrected chi connectivity index (χ4v) is 4.16. The zero-order chi connectivity index (χ0) is 19.8. The smallest absolute Gasteiger partial charge is 0.273 e. The summed E-state index contributed by atoms with van der Waals surface area (Å²) in [6.45, 7) is 4.25. The van der Waals surface area contributed by atoms with Gasteiger partial charge < -0.3 is 4.57 Å². The molecule has 0 spiro atoms. The van der Waals surface area contributed by atoms with Crippen LogP contribution in [0.5, 0.6) is 0 Å². The Morgan fingerprint density at radius 1 is 1.22 bits per heavy atom. The molecule has 0 fully saturated rings. The summed E-state index contributed by atoms with van der Waals surface area (Å²) in [6, 6.07) is 11.5. The number of sulfonamides is 1. The molecule has 0 saturated heterocycles. The first-order chi connectivity index (χ1) is 12.8. The van der Waals surface area contributed by atoms with Crippen molar-refractivity contribution in [2.75, 3.05) is 7.05 Å². The summed E-state index contributed by atoms with van der Waals surface area (Å²) < 4.78 is 28.9. The quantitative estimate of drug-likeness (QED) is 0.477. The normalized spacial score (nSPS) is 12.0. The Bertz CT molecular complexity index is 1120. The number of hydrogen-bond donors (Lipinski definition) is 0. The van der Waals surface area contributed by atoms with Gasteiger partial charge >= 0.3 is 0 Å². The van der Waals surface area contributed by atoms with E-state index in [4.69, 9.17) is 0 Å². The second kappa shape index (κ2) is 7.09. The molecule has 0 N–H and O–H groups in total. The molecule has 0 atom stereocenters. The van der Waals surface area contributed by atoms with Crippen LogP contribution in [0.25, 0.3) is 11.0 Å². The highest BCUT2D eigenvalue weighted by Gasteiger charge is 2.25. The van der Waals surface area contributed by atoms with Crippen LogP contribution in [-0.2, 0) is 23.1 Å². The number of nitro groups is 1. The van der Waals surface area contributed by atoms with Crippen LogP contribution >= 0.6 is 0 Å². The lowest BCUT2D eigenvalue weighted by molar-refractivity contribution is -0.385. The van der Waals surface area contributed by atoms with Gasteiger partial charge in [-0.15, -0.1) is 0 Å². The van der Waals surface area contributed by atoms with E-state index in [-0.39, 0.29) is 17.1 Å². The maximum atomic E-state index is 12.9. The summed E-state index contributed by atoms with van der Waals surface area (Å²) in [6.07, 6.45) is 0. The van der Waals surface area contributed by atoms with E-state index in [0.29, 0.717) is 17.9 Å². The van der Waals surface area contributed by atoms with Crippen molar-refractivity contribution in [2.45, 2.75) is 31.8 Å². The minimum absolute atomic E-state index is 0.0620. The van der Waals surface area contributed by atoms with Crippen LogP contribution in [-0.4, -0.2) is 34.2 Å². The fraction of sp³-hybridized carbons (Fsp3) is 0.278. The molecule has 142 valence electrons. The van der Waals surface area contributed by atoms with Gasteiger partial charge in [0.2, 0.25) is 10.0 Å². The minimum Gasteiger partial charge on any atom is -0.327 e. The van der Waals surface area contributed by atoms with E-state index in [0.717, 1.165) is 21.4 Å². The number of imidazole rings is 1. The molecule has 0 bridgehead atoms. The van der Waals surface area contributed by atoms with E-state index >= 15 is 0 Å². The van der Waals surface area contributed by atoms with Gasteiger partial charge in [0.15, 0.2) is 0 Å². The molecular formula is C18H20N4O4S. The Balaban J connectivity index is 1.97. The van der Waals surface area contributed by atoms with Crippen molar-refractivity contribution in [1.82, 2.24) is 13.9 Å². The second-order valence-corrected chi connectivity index (χ2v) is 8.27. The Morgan fingerprint density at radius 3 is 2.59 bits per heavy atom. The largest absolute Gasteiger partial charge is 0.327 e. The first kappa shape index (κ1) is 19.0. The molecule has 9 heteroatoms. The highest BCUT2D eigenvalue weighted by Crippen LogP contribution is 2.25. The lowest BCUT2D eigenvalue weighted by Crippen LogP contribution is -2.28. The maximum Gasteiger partial charge on any atom is 0.273 e. The predicted octanol–water partition coefficient (Wildman–Crippen LogP) is 3.09. The standard InChI is InChI=1S/C18H20N4O4S/c1-4-21-16-8-6-5-7-15(16)19-18(21)12-20(3)27(25,26)14-10-9-13(2)17(11-14)22(23)24/h5-11H,4,12H2,1-3H3. The van der Waals surface area contributed by atoms with Crippen molar-refractivity contribution in [1.29, 1.82) is 0 Å². The van der Waals surface area contributed by atoms with E-state index in [1.807, 2.05) is 35.8 Å². The molecule has 3 rings (SSSR count). The summed E-state index contributed by atoms with van der Waals surface area (Å²) in [5.41, 5.74) is 1.93. The lowest BCUT2D eigenvalue weighted by Gasteiger charge is -2.17. The third kappa shape index (κ3) is 3.43. The summed E-state index contributed by atoms with van der Waals surface area (Å²) >= 11 is 0. The number of aryl methyl sites for hydroxylation is 2. The van der Waals surface area contributed by atoms with Crippen molar-refractivity contribution in [3.8, 4) is 0 Å². The van der Waals surface area contributed by atoms with E-state index in [1.54, 1.807) is 6.92 Å². The van der Waals surface area contributed by atoms with Gasteiger partial charge in [-0.3, -0.25) is 10.1 Å². The monoisotopic (exact) mass is 388 g/mol. The average molecular weight is 388 g/mol. The SMILES string of the molecule is CCn1c(CN(C)S(=O)(=O)c2ccc(C)c([N+](=O)[O-])c2)nc2ccccc21. The third-order valence-electron chi connectivity index (χ3n) is 4.50. The number of rotatable bonds is 6. The highest BCUT2D eigenvalue weighted by atomic mass is 32.2. The van der Waals surface area contributed by atoms with Gasteiger partial charge in [-0.25, -0.2) is 13.4 Å². The number of nitrogens with zero attached hydrogens (tertiary/aromatic N) is 4. The average Bonchev–Trinajstić information content (AvgIpc) is 2.98. The van der Waals surface area contributed by atoms with Crippen molar-refractivity contribution in [3.05, 3.63) is 64.0 Å². The summed E-state index contributed by atoms with van der Waals surface area (Å²) in [5, 5.41) is 11.1. The van der Waals surface area contributed by atoms with Gasteiger partial charge in [-0.05, 0) is 32.0 Å². The van der Waals surface area contributed by atoms with Gasteiger partial charge in [0, 0.05) is 25.2 Å². The van der Waals surface area contributed by atoms with Gasteiger partial charge in [-0.1, -0.05) is 18.2 Å². The molecule has 27 heavy (non-hydrogen) atoms. The maximum absolute atomic E-state index is 12.9. The van der Waals surface area contributed by atoms with Crippen LogP contribution in [0.1, 0.15) is 18.3 Å². The molecule has 0 amide bonds. The van der Waals surface area contributed by atoms with Crippen molar-refractivity contribution in [3.63, 3.8) is 0 Å². The number of aromatic nitrogens is 2. The molecule has 0 radical (unpaired) electrons. The van der Waals surface area contributed by atoms with Crippen molar-refractivity contribution < 1.29 is 13.3 Å². The summed E-state index contributed by atoms with van der Waals surface area (Å²) in [7, 11) is -2.45. The van der Waals surface area contributed by atoms with Gasteiger partial charge in [0.25, 0.3) is 5.69 Å². The molecule has 0 aliphatic rings. The van der Waals surface area contributed by atoms with Crippen LogP contribution in [0.3, 0.4) is 0 Å². The minimum atomic E-state index is -3.90.